The number of rotatable bonds is 5. The van der Waals surface area contributed by atoms with Gasteiger partial charge in [0.1, 0.15) is 5.92 Å². The molecule has 0 spiro atoms. The molecule has 1 saturated heterocycles. The quantitative estimate of drug-likeness (QED) is 0.412. The van der Waals surface area contributed by atoms with Gasteiger partial charge in [0.25, 0.3) is 5.91 Å². The number of halogens is 1. The van der Waals surface area contributed by atoms with Gasteiger partial charge < -0.3 is 4.90 Å². The smallest absolute Gasteiger partial charge is 0.253 e. The summed E-state index contributed by atoms with van der Waals surface area (Å²) in [7, 11) is 0. The molecule has 0 unspecified atom stereocenters. The zero-order valence-corrected chi connectivity index (χ0v) is 18.3. The van der Waals surface area contributed by atoms with E-state index in [0.717, 1.165) is 21.2 Å². The minimum absolute atomic E-state index is 0.201. The van der Waals surface area contributed by atoms with Gasteiger partial charge in [-0.1, -0.05) is 64.0 Å². The fourth-order valence-electron chi connectivity index (χ4n) is 3.47. The number of hydrogen-bond acceptors (Lipinski definition) is 3. The molecule has 1 aliphatic rings. The van der Waals surface area contributed by atoms with Crippen LogP contribution >= 0.6 is 15.9 Å². The average molecular weight is 454 g/mol. The summed E-state index contributed by atoms with van der Waals surface area (Å²) in [6.45, 7) is 6.16. The topological polar surface area (TPSA) is 61.8 Å². The molecule has 3 rings (SSSR count). The highest BCUT2D eigenvalue weighted by atomic mass is 79.9. The molecular formula is C23H24BrN3O2. The second-order valence-corrected chi connectivity index (χ2v) is 8.29. The maximum absolute atomic E-state index is 13.0. The molecule has 2 aromatic carbocycles. The minimum Gasteiger partial charge on any atom is -0.318 e. The molecule has 0 aliphatic carbocycles. The number of carbonyl (C=O) groups is 2. The van der Waals surface area contributed by atoms with Crippen LogP contribution in [0.4, 0.5) is 0 Å². The largest absolute Gasteiger partial charge is 0.318 e. The Balaban J connectivity index is 1.84. The van der Waals surface area contributed by atoms with Crippen LogP contribution in [0.15, 0.2) is 75.9 Å². The Morgan fingerprint density at radius 3 is 2.52 bits per heavy atom. The van der Waals surface area contributed by atoms with Gasteiger partial charge in [-0.25, -0.2) is 5.43 Å². The number of nitrogens with one attached hydrogen (secondary N) is 1. The number of amides is 2. The Kier molecular flexibility index (Phi) is 6.64. The summed E-state index contributed by atoms with van der Waals surface area (Å²) in [6, 6.07) is 17.4. The molecule has 1 heterocycles. The van der Waals surface area contributed by atoms with Crippen LogP contribution in [0, 0.1) is 5.92 Å². The standard InChI is InChI=1S/C23H24BrN3O2/c1-15(2)13-27-14-20(17-8-5-4-6-9-17)21(23(27)29)22(28)26-25-16(3)18-10-7-11-19(24)12-18/h4-13,20-21H,14H2,1-3H3,(H,26,28)/b25-16+/t20-,21+/m0/s1. The van der Waals surface area contributed by atoms with E-state index < -0.39 is 5.92 Å². The molecule has 1 fully saturated rings. The van der Waals surface area contributed by atoms with Crippen molar-refractivity contribution in [1.82, 2.24) is 10.3 Å². The number of allylic oxidation sites excluding steroid dienone is 1. The number of nitrogens with zero attached hydrogens (tertiary/aromatic N) is 2. The molecule has 0 radical (unpaired) electrons. The van der Waals surface area contributed by atoms with Crippen molar-refractivity contribution in [2.24, 2.45) is 11.0 Å². The van der Waals surface area contributed by atoms with E-state index in [9.17, 15) is 9.59 Å². The highest BCUT2D eigenvalue weighted by Crippen LogP contribution is 2.34. The van der Waals surface area contributed by atoms with Gasteiger partial charge in [0.05, 0.1) is 5.71 Å². The van der Waals surface area contributed by atoms with E-state index in [1.54, 1.807) is 4.90 Å². The van der Waals surface area contributed by atoms with E-state index >= 15 is 0 Å². The van der Waals surface area contributed by atoms with Crippen LogP contribution in [-0.2, 0) is 9.59 Å². The molecule has 0 aromatic heterocycles. The second kappa shape index (κ2) is 9.18. The Morgan fingerprint density at radius 1 is 1.14 bits per heavy atom. The third kappa shape index (κ3) is 5.01. The summed E-state index contributed by atoms with van der Waals surface area (Å²) in [5.41, 5.74) is 6.15. The fourth-order valence-corrected chi connectivity index (χ4v) is 3.86. The highest BCUT2D eigenvalue weighted by Gasteiger charge is 2.45. The molecule has 1 aliphatic heterocycles. The van der Waals surface area contributed by atoms with Crippen molar-refractivity contribution in [3.05, 3.63) is 82.0 Å². The van der Waals surface area contributed by atoms with Gasteiger partial charge in [-0.3, -0.25) is 9.59 Å². The van der Waals surface area contributed by atoms with E-state index in [-0.39, 0.29) is 17.7 Å². The van der Waals surface area contributed by atoms with Gasteiger partial charge in [0.2, 0.25) is 5.91 Å². The number of benzene rings is 2. The summed E-state index contributed by atoms with van der Waals surface area (Å²) in [5.74, 6) is -1.62. The van der Waals surface area contributed by atoms with Gasteiger partial charge in [0.15, 0.2) is 0 Å². The molecule has 1 N–H and O–H groups in total. The van der Waals surface area contributed by atoms with Crippen molar-refractivity contribution < 1.29 is 9.59 Å². The molecule has 0 bridgehead atoms. The van der Waals surface area contributed by atoms with Crippen LogP contribution in [0.5, 0.6) is 0 Å². The average Bonchev–Trinajstić information content (AvgIpc) is 3.02. The molecule has 6 heteroatoms. The van der Waals surface area contributed by atoms with Crippen molar-refractivity contribution in [1.29, 1.82) is 0 Å². The SMILES string of the molecule is CC(C)=CN1C[C@@H](c2ccccc2)[C@H](C(=O)N/N=C(\C)c2cccc(Br)c2)C1=O. The van der Waals surface area contributed by atoms with Crippen molar-refractivity contribution in [2.45, 2.75) is 26.7 Å². The Bertz CT molecular complexity index is 965. The van der Waals surface area contributed by atoms with E-state index in [2.05, 4.69) is 26.5 Å². The zero-order chi connectivity index (χ0) is 21.0. The summed E-state index contributed by atoms with van der Waals surface area (Å²) in [4.78, 5) is 27.6. The molecule has 29 heavy (non-hydrogen) atoms. The van der Waals surface area contributed by atoms with Gasteiger partial charge >= 0.3 is 0 Å². The summed E-state index contributed by atoms with van der Waals surface area (Å²) in [5, 5.41) is 4.24. The van der Waals surface area contributed by atoms with Crippen LogP contribution in [0.2, 0.25) is 0 Å². The summed E-state index contributed by atoms with van der Waals surface area (Å²) < 4.78 is 0.934. The fraction of sp³-hybridized carbons (Fsp3) is 0.261. The summed E-state index contributed by atoms with van der Waals surface area (Å²) in [6.07, 6.45) is 1.81. The Labute approximate surface area is 179 Å². The van der Waals surface area contributed by atoms with Gasteiger partial charge in [-0.2, -0.15) is 5.10 Å². The van der Waals surface area contributed by atoms with Gasteiger partial charge in [-0.15, -0.1) is 0 Å². The molecular weight excluding hydrogens is 430 g/mol. The number of hydrazone groups is 1. The summed E-state index contributed by atoms with van der Waals surface area (Å²) >= 11 is 3.43. The Hall–Kier alpha value is -2.73. The first-order valence-corrected chi connectivity index (χ1v) is 10.3. The maximum atomic E-state index is 13.0. The predicted octanol–water partition coefficient (Wildman–Crippen LogP) is 4.46. The number of likely N-dealkylation sites (tertiary alicyclic amines) is 1. The molecule has 2 amide bonds. The lowest BCUT2D eigenvalue weighted by atomic mass is 9.88. The van der Waals surface area contributed by atoms with E-state index in [1.165, 1.54) is 0 Å². The highest BCUT2D eigenvalue weighted by molar-refractivity contribution is 9.10. The van der Waals surface area contributed by atoms with Crippen molar-refractivity contribution in [3.8, 4) is 0 Å². The van der Waals surface area contributed by atoms with Crippen LogP contribution < -0.4 is 5.43 Å². The van der Waals surface area contributed by atoms with E-state index in [0.29, 0.717) is 12.3 Å². The third-order valence-corrected chi connectivity index (χ3v) is 5.34. The molecule has 5 nitrogen and oxygen atoms in total. The van der Waals surface area contributed by atoms with Crippen molar-refractivity contribution in [2.75, 3.05) is 6.54 Å². The van der Waals surface area contributed by atoms with Crippen molar-refractivity contribution in [3.63, 3.8) is 0 Å². The van der Waals surface area contributed by atoms with Crippen LogP contribution in [0.1, 0.15) is 37.8 Å². The first-order chi connectivity index (χ1) is 13.9. The zero-order valence-electron chi connectivity index (χ0n) is 16.7. The molecule has 2 aromatic rings. The predicted molar refractivity (Wildman–Crippen MR) is 118 cm³/mol. The maximum Gasteiger partial charge on any atom is 0.253 e. The van der Waals surface area contributed by atoms with Crippen LogP contribution in [0.3, 0.4) is 0 Å². The first-order valence-electron chi connectivity index (χ1n) is 9.47. The molecule has 150 valence electrons. The van der Waals surface area contributed by atoms with Gasteiger partial charge in [0, 0.05) is 23.1 Å². The second-order valence-electron chi connectivity index (χ2n) is 7.38. The number of hydrogen-bond donors (Lipinski definition) is 1. The van der Waals surface area contributed by atoms with E-state index in [4.69, 9.17) is 0 Å². The first kappa shape index (κ1) is 21.0. The van der Waals surface area contributed by atoms with Crippen LogP contribution in [-0.4, -0.2) is 29.0 Å². The minimum atomic E-state index is -0.813. The number of carbonyl (C=O) groups excluding carboxylic acids is 2. The lowest BCUT2D eigenvalue weighted by molar-refractivity contribution is -0.136. The lowest BCUT2D eigenvalue weighted by Gasteiger charge is -2.15. The lowest BCUT2D eigenvalue weighted by Crippen LogP contribution is -2.35. The third-order valence-electron chi connectivity index (χ3n) is 4.85. The molecule has 0 saturated carbocycles. The van der Waals surface area contributed by atoms with Crippen LogP contribution in [0.25, 0.3) is 0 Å². The normalized spacial score (nSPS) is 19.2. The monoisotopic (exact) mass is 453 g/mol. The molecule has 2 atom stereocenters. The van der Waals surface area contributed by atoms with Crippen molar-refractivity contribution >= 4 is 33.5 Å². The van der Waals surface area contributed by atoms with Gasteiger partial charge in [-0.05, 0) is 44.0 Å². The Morgan fingerprint density at radius 2 is 1.86 bits per heavy atom. The van der Waals surface area contributed by atoms with E-state index in [1.807, 2.05) is 81.6 Å².